The maximum Gasteiger partial charge on any atom is 0.289 e. The van der Waals surface area contributed by atoms with Crippen molar-refractivity contribution in [2.45, 2.75) is 33.2 Å². The van der Waals surface area contributed by atoms with Crippen LogP contribution in [0.25, 0.3) is 17.1 Å². The third-order valence-electron chi connectivity index (χ3n) is 6.47. The maximum atomic E-state index is 15.6. The Bertz CT molecular complexity index is 1250. The molecule has 0 aliphatic carbocycles. The predicted molar refractivity (Wildman–Crippen MR) is 135 cm³/mol. The van der Waals surface area contributed by atoms with Gasteiger partial charge in [0.25, 0.3) is 5.91 Å². The zero-order valence-electron chi connectivity index (χ0n) is 21.1. The fourth-order valence-electron chi connectivity index (χ4n) is 4.40. The van der Waals surface area contributed by atoms with Crippen molar-refractivity contribution in [1.29, 1.82) is 0 Å². The molecular weight excluding hydrogens is 463 g/mol. The second kappa shape index (κ2) is 10.6. The number of hydrogen-bond donors (Lipinski definition) is 3. The van der Waals surface area contributed by atoms with E-state index in [1.807, 2.05) is 19.9 Å². The zero-order valence-corrected chi connectivity index (χ0v) is 21.1. The van der Waals surface area contributed by atoms with Crippen molar-refractivity contribution in [3.8, 4) is 28.6 Å². The monoisotopic (exact) mass is 496 g/mol. The lowest BCUT2D eigenvalue weighted by Crippen LogP contribution is -2.43. The van der Waals surface area contributed by atoms with Crippen LogP contribution < -0.4 is 5.32 Å². The molecule has 2 heterocycles. The Morgan fingerprint density at radius 2 is 1.81 bits per heavy atom. The molecule has 1 amide bonds. The number of benzene rings is 2. The van der Waals surface area contributed by atoms with E-state index in [2.05, 4.69) is 32.4 Å². The summed E-state index contributed by atoms with van der Waals surface area (Å²) in [6, 6.07) is 7.73. The Morgan fingerprint density at radius 1 is 1.08 bits per heavy atom. The van der Waals surface area contributed by atoms with E-state index in [1.165, 1.54) is 16.7 Å². The minimum absolute atomic E-state index is 0.0471. The van der Waals surface area contributed by atoms with Gasteiger partial charge in [-0.25, -0.2) is 4.39 Å². The molecule has 2 aromatic carbocycles. The molecular formula is C26H33FN6O3. The van der Waals surface area contributed by atoms with Crippen LogP contribution in [0.2, 0.25) is 0 Å². The van der Waals surface area contributed by atoms with Crippen LogP contribution in [0.5, 0.6) is 11.5 Å². The standard InChI is InChI=1S/C26H33FN6O3/c1-5-28-26(36)25-30-29-24(19-13-18(16(2)3)22(34)14-23(19)35)33(25)21-7-6-17(12-20(21)27)15-32-10-8-31(4)9-11-32/h6-7,12-14,16,34-35H,5,8-11,15H2,1-4H3,(H,28,36). The lowest BCUT2D eigenvalue weighted by Gasteiger charge is -2.32. The number of carbonyl (C=O) groups is 1. The van der Waals surface area contributed by atoms with E-state index in [4.69, 9.17) is 0 Å². The summed E-state index contributed by atoms with van der Waals surface area (Å²) in [5, 5.41) is 31.8. The Balaban J connectivity index is 1.78. The molecule has 1 aromatic heterocycles. The topological polar surface area (TPSA) is 107 Å². The molecule has 10 heteroatoms. The quantitative estimate of drug-likeness (QED) is 0.461. The highest BCUT2D eigenvalue weighted by atomic mass is 19.1. The SMILES string of the molecule is CCNC(=O)c1nnc(-c2cc(C(C)C)c(O)cc2O)n1-c1ccc(CN2CCN(C)CC2)cc1F. The van der Waals surface area contributed by atoms with E-state index in [1.54, 1.807) is 19.1 Å². The highest BCUT2D eigenvalue weighted by Crippen LogP contribution is 2.38. The van der Waals surface area contributed by atoms with Gasteiger partial charge in [0.1, 0.15) is 17.3 Å². The van der Waals surface area contributed by atoms with Crippen molar-refractivity contribution in [3.63, 3.8) is 0 Å². The number of likely N-dealkylation sites (N-methyl/N-ethyl adjacent to an activating group) is 1. The second-order valence-electron chi connectivity index (χ2n) is 9.49. The number of rotatable bonds is 7. The van der Waals surface area contributed by atoms with Crippen LogP contribution in [0, 0.1) is 5.82 Å². The van der Waals surface area contributed by atoms with Crippen molar-refractivity contribution < 1.29 is 19.4 Å². The molecule has 1 aliphatic rings. The fourth-order valence-corrected chi connectivity index (χ4v) is 4.40. The van der Waals surface area contributed by atoms with Gasteiger partial charge in [-0.15, -0.1) is 10.2 Å². The molecule has 1 fully saturated rings. The number of nitrogens with one attached hydrogen (secondary N) is 1. The molecule has 9 nitrogen and oxygen atoms in total. The number of hydrogen-bond acceptors (Lipinski definition) is 7. The van der Waals surface area contributed by atoms with Crippen LogP contribution in [0.3, 0.4) is 0 Å². The van der Waals surface area contributed by atoms with Gasteiger partial charge < -0.3 is 20.4 Å². The van der Waals surface area contributed by atoms with Crippen LogP contribution in [0.4, 0.5) is 4.39 Å². The van der Waals surface area contributed by atoms with Gasteiger partial charge in [0.05, 0.1) is 11.3 Å². The van der Waals surface area contributed by atoms with Gasteiger partial charge in [0.2, 0.25) is 5.82 Å². The van der Waals surface area contributed by atoms with Gasteiger partial charge >= 0.3 is 0 Å². The van der Waals surface area contributed by atoms with Gasteiger partial charge in [-0.05, 0) is 49.2 Å². The second-order valence-corrected chi connectivity index (χ2v) is 9.49. The number of nitrogens with zero attached hydrogens (tertiary/aromatic N) is 5. The van der Waals surface area contributed by atoms with Crippen molar-refractivity contribution in [2.75, 3.05) is 39.8 Å². The smallest absolute Gasteiger partial charge is 0.289 e. The van der Waals surface area contributed by atoms with E-state index >= 15 is 4.39 Å². The number of piperazine rings is 1. The number of aromatic hydroxyl groups is 2. The van der Waals surface area contributed by atoms with Crippen molar-refractivity contribution in [2.24, 2.45) is 0 Å². The lowest BCUT2D eigenvalue weighted by atomic mass is 9.98. The highest BCUT2D eigenvalue weighted by Gasteiger charge is 2.26. The van der Waals surface area contributed by atoms with Gasteiger partial charge in [-0.2, -0.15) is 0 Å². The summed E-state index contributed by atoms with van der Waals surface area (Å²) in [5.74, 6) is -1.40. The summed E-state index contributed by atoms with van der Waals surface area (Å²) in [6.07, 6.45) is 0. The Labute approximate surface area is 210 Å². The summed E-state index contributed by atoms with van der Waals surface area (Å²) < 4.78 is 16.9. The molecule has 0 unspecified atom stereocenters. The van der Waals surface area contributed by atoms with Gasteiger partial charge in [-0.1, -0.05) is 19.9 Å². The van der Waals surface area contributed by atoms with Crippen LogP contribution >= 0.6 is 0 Å². The number of phenols is 2. The molecule has 0 radical (unpaired) electrons. The van der Waals surface area contributed by atoms with E-state index in [0.29, 0.717) is 18.7 Å². The first-order valence-corrected chi connectivity index (χ1v) is 12.2. The van der Waals surface area contributed by atoms with Gasteiger partial charge in [0.15, 0.2) is 5.82 Å². The highest BCUT2D eigenvalue weighted by molar-refractivity contribution is 5.92. The van der Waals surface area contributed by atoms with Crippen LogP contribution in [-0.4, -0.2) is 80.5 Å². The molecule has 0 bridgehead atoms. The van der Waals surface area contributed by atoms with E-state index < -0.39 is 11.7 Å². The van der Waals surface area contributed by atoms with E-state index in [0.717, 1.165) is 31.7 Å². The Kier molecular flexibility index (Phi) is 7.56. The normalized spacial score (nSPS) is 14.9. The average Bonchev–Trinajstić information content (AvgIpc) is 3.25. The third kappa shape index (κ3) is 5.19. The number of carbonyl (C=O) groups excluding carboxylic acids is 1. The number of halogens is 1. The molecule has 4 rings (SSSR count). The number of aromatic nitrogens is 3. The molecule has 0 saturated carbocycles. The summed E-state index contributed by atoms with van der Waals surface area (Å²) in [7, 11) is 2.09. The summed E-state index contributed by atoms with van der Waals surface area (Å²) in [6.45, 7) is 10.3. The van der Waals surface area contributed by atoms with E-state index in [9.17, 15) is 15.0 Å². The van der Waals surface area contributed by atoms with Gasteiger partial charge in [-0.3, -0.25) is 14.3 Å². The molecule has 1 saturated heterocycles. The summed E-state index contributed by atoms with van der Waals surface area (Å²) in [4.78, 5) is 17.3. The van der Waals surface area contributed by atoms with Crippen LogP contribution in [0.1, 0.15) is 48.4 Å². The predicted octanol–water partition coefficient (Wildman–Crippen LogP) is 3.11. The molecule has 36 heavy (non-hydrogen) atoms. The zero-order chi connectivity index (χ0) is 26.0. The minimum Gasteiger partial charge on any atom is -0.508 e. The maximum absolute atomic E-state index is 15.6. The molecule has 192 valence electrons. The van der Waals surface area contributed by atoms with Crippen LogP contribution in [0.15, 0.2) is 30.3 Å². The first-order valence-electron chi connectivity index (χ1n) is 12.2. The molecule has 0 atom stereocenters. The number of phenolic OH excluding ortho intramolecular Hbond substituents is 2. The Hall–Kier alpha value is -3.50. The first-order chi connectivity index (χ1) is 17.2. The van der Waals surface area contributed by atoms with Crippen molar-refractivity contribution >= 4 is 5.91 Å². The third-order valence-corrected chi connectivity index (χ3v) is 6.47. The Morgan fingerprint density at radius 3 is 2.44 bits per heavy atom. The molecule has 3 aromatic rings. The lowest BCUT2D eigenvalue weighted by molar-refractivity contribution is 0.0943. The summed E-state index contributed by atoms with van der Waals surface area (Å²) in [5.41, 5.74) is 1.74. The first kappa shape index (κ1) is 25.6. The van der Waals surface area contributed by atoms with E-state index in [-0.39, 0.29) is 40.3 Å². The summed E-state index contributed by atoms with van der Waals surface area (Å²) >= 11 is 0. The molecule has 0 spiro atoms. The molecule has 3 N–H and O–H groups in total. The largest absolute Gasteiger partial charge is 0.508 e. The molecule has 1 aliphatic heterocycles. The number of amides is 1. The fraction of sp³-hybridized carbons (Fsp3) is 0.423. The van der Waals surface area contributed by atoms with Crippen molar-refractivity contribution in [1.82, 2.24) is 29.9 Å². The minimum atomic E-state index is -0.532. The average molecular weight is 497 g/mol. The van der Waals surface area contributed by atoms with Crippen molar-refractivity contribution in [3.05, 3.63) is 53.1 Å². The van der Waals surface area contributed by atoms with Gasteiger partial charge in [0, 0.05) is 45.3 Å². The van der Waals surface area contributed by atoms with Crippen LogP contribution in [-0.2, 0) is 6.54 Å².